The molecule has 0 atom stereocenters. The van der Waals surface area contributed by atoms with E-state index in [4.69, 9.17) is 5.11 Å². The van der Waals surface area contributed by atoms with Gasteiger partial charge in [-0.1, -0.05) is 36.1 Å². The van der Waals surface area contributed by atoms with Gasteiger partial charge in [0.05, 0.1) is 24.0 Å². The summed E-state index contributed by atoms with van der Waals surface area (Å²) < 4.78 is 2.13. The van der Waals surface area contributed by atoms with Crippen molar-refractivity contribution in [1.29, 1.82) is 0 Å². The van der Waals surface area contributed by atoms with Crippen LogP contribution in [0.4, 0.5) is 0 Å². The Bertz CT molecular complexity index is 808. The second-order valence-electron chi connectivity index (χ2n) is 4.84. The third kappa shape index (κ3) is 3.13. The minimum atomic E-state index is 0.105. The van der Waals surface area contributed by atoms with Gasteiger partial charge < -0.3 is 9.67 Å². The molecule has 0 aliphatic heterocycles. The van der Waals surface area contributed by atoms with Gasteiger partial charge in [0.25, 0.3) is 0 Å². The molecule has 0 aliphatic rings. The molecular weight excluding hydrogens is 260 g/mol. The number of hydrogen-bond acceptors (Lipinski definition) is 2. The Labute approximate surface area is 123 Å². The van der Waals surface area contributed by atoms with E-state index >= 15 is 0 Å². The van der Waals surface area contributed by atoms with Crippen molar-refractivity contribution in [2.75, 3.05) is 6.61 Å². The summed E-state index contributed by atoms with van der Waals surface area (Å²) in [5, 5.41) is 8.76. The highest BCUT2D eigenvalue weighted by Gasteiger charge is 2.02. The summed E-state index contributed by atoms with van der Waals surface area (Å²) in [6, 6.07) is 16.3. The van der Waals surface area contributed by atoms with E-state index in [0.717, 1.165) is 23.1 Å². The van der Waals surface area contributed by atoms with Crippen LogP contribution >= 0.6 is 0 Å². The van der Waals surface area contributed by atoms with E-state index in [-0.39, 0.29) is 6.61 Å². The minimum Gasteiger partial charge on any atom is -0.395 e. The molecule has 0 fully saturated rings. The number of aliphatic hydroxyl groups excluding tert-OH is 1. The van der Waals surface area contributed by atoms with Gasteiger partial charge in [0.2, 0.25) is 0 Å². The number of aliphatic hydroxyl groups is 1. The van der Waals surface area contributed by atoms with Gasteiger partial charge in [0.1, 0.15) is 0 Å². The van der Waals surface area contributed by atoms with E-state index in [9.17, 15) is 0 Å². The lowest BCUT2D eigenvalue weighted by Crippen LogP contribution is -1.98. The number of imidazole rings is 1. The summed E-state index contributed by atoms with van der Waals surface area (Å²) in [7, 11) is 0. The van der Waals surface area contributed by atoms with E-state index in [0.29, 0.717) is 6.42 Å². The molecule has 0 spiro atoms. The van der Waals surface area contributed by atoms with Gasteiger partial charge >= 0.3 is 0 Å². The van der Waals surface area contributed by atoms with Gasteiger partial charge in [-0.2, -0.15) is 0 Å². The fraction of sp³-hybridized carbons (Fsp3) is 0.167. The zero-order valence-electron chi connectivity index (χ0n) is 11.7. The zero-order valence-corrected chi connectivity index (χ0v) is 11.7. The minimum absolute atomic E-state index is 0.105. The van der Waals surface area contributed by atoms with E-state index in [1.165, 1.54) is 5.56 Å². The molecule has 104 valence electrons. The highest BCUT2D eigenvalue weighted by molar-refractivity contribution is 5.75. The predicted molar refractivity (Wildman–Crippen MR) is 83.9 cm³/mol. The molecule has 2 aromatic carbocycles. The highest BCUT2D eigenvalue weighted by atomic mass is 16.2. The van der Waals surface area contributed by atoms with Gasteiger partial charge in [-0.05, 0) is 29.8 Å². The van der Waals surface area contributed by atoms with E-state index in [1.807, 2.05) is 36.7 Å². The second kappa shape index (κ2) is 6.25. The first-order chi connectivity index (χ1) is 10.4. The normalized spacial score (nSPS) is 10.3. The van der Waals surface area contributed by atoms with Crippen LogP contribution in [0.15, 0.2) is 54.9 Å². The molecule has 3 nitrogen and oxygen atoms in total. The van der Waals surface area contributed by atoms with Crippen molar-refractivity contribution >= 4 is 11.0 Å². The Morgan fingerprint density at radius 3 is 2.90 bits per heavy atom. The quantitative estimate of drug-likeness (QED) is 0.747. The molecule has 3 heteroatoms. The molecular formula is C18H16N2O. The summed E-state index contributed by atoms with van der Waals surface area (Å²) in [6.45, 7) is 0.879. The van der Waals surface area contributed by atoms with Gasteiger partial charge in [0.15, 0.2) is 0 Å². The third-order valence-corrected chi connectivity index (χ3v) is 3.28. The molecule has 1 N–H and O–H groups in total. The molecule has 0 saturated carbocycles. The first-order valence-corrected chi connectivity index (χ1v) is 6.95. The number of hydrogen-bond donors (Lipinski definition) is 1. The summed E-state index contributed by atoms with van der Waals surface area (Å²) in [6.07, 6.45) is 2.38. The van der Waals surface area contributed by atoms with Crippen molar-refractivity contribution in [1.82, 2.24) is 9.55 Å². The highest BCUT2D eigenvalue weighted by Crippen LogP contribution is 2.14. The number of para-hydroxylation sites is 2. The van der Waals surface area contributed by atoms with Crippen molar-refractivity contribution in [2.45, 2.75) is 13.0 Å². The van der Waals surface area contributed by atoms with Crippen LogP contribution in [0.1, 0.15) is 17.5 Å². The number of benzene rings is 2. The average Bonchev–Trinajstić information content (AvgIpc) is 2.91. The molecule has 1 heterocycles. The summed E-state index contributed by atoms with van der Waals surface area (Å²) >= 11 is 0. The maximum Gasteiger partial charge on any atom is 0.0961 e. The van der Waals surface area contributed by atoms with Gasteiger partial charge in [-0.15, -0.1) is 0 Å². The largest absolute Gasteiger partial charge is 0.395 e. The number of nitrogens with zero attached hydrogens (tertiary/aromatic N) is 2. The van der Waals surface area contributed by atoms with Crippen LogP contribution in [0.2, 0.25) is 0 Å². The molecule has 1 aromatic heterocycles. The van der Waals surface area contributed by atoms with E-state index < -0.39 is 0 Å². The molecule has 3 rings (SSSR count). The maximum absolute atomic E-state index is 8.76. The summed E-state index contributed by atoms with van der Waals surface area (Å²) in [4.78, 5) is 4.41. The molecule has 0 unspecified atom stereocenters. The molecule has 3 aromatic rings. The first kappa shape index (κ1) is 13.4. The summed E-state index contributed by atoms with van der Waals surface area (Å²) in [5.41, 5.74) is 4.31. The van der Waals surface area contributed by atoms with Crippen molar-refractivity contribution in [3.05, 3.63) is 66.0 Å². The van der Waals surface area contributed by atoms with E-state index in [1.54, 1.807) is 0 Å². The van der Waals surface area contributed by atoms with Crippen LogP contribution < -0.4 is 0 Å². The molecule has 0 amide bonds. The second-order valence-corrected chi connectivity index (χ2v) is 4.84. The standard InChI is InChI=1S/C18H16N2O/c21-11-4-3-6-15-7-5-8-16(12-15)13-20-14-19-17-9-1-2-10-18(17)20/h1-2,5,7-10,12,14,21H,4,11,13H2. The Hall–Kier alpha value is -2.57. The smallest absolute Gasteiger partial charge is 0.0961 e. The molecule has 0 aliphatic carbocycles. The molecule has 21 heavy (non-hydrogen) atoms. The van der Waals surface area contributed by atoms with E-state index in [2.05, 4.69) is 39.6 Å². The Kier molecular flexibility index (Phi) is 3.99. The van der Waals surface area contributed by atoms with Crippen molar-refractivity contribution < 1.29 is 5.11 Å². The fourth-order valence-electron chi connectivity index (χ4n) is 2.30. The van der Waals surface area contributed by atoms with Crippen molar-refractivity contribution in [3.63, 3.8) is 0 Å². The predicted octanol–water partition coefficient (Wildman–Crippen LogP) is 2.82. The Morgan fingerprint density at radius 1 is 1.10 bits per heavy atom. The zero-order chi connectivity index (χ0) is 14.5. The fourth-order valence-corrected chi connectivity index (χ4v) is 2.30. The van der Waals surface area contributed by atoms with Gasteiger partial charge in [-0.25, -0.2) is 4.98 Å². The molecule has 0 bridgehead atoms. The molecule has 0 radical (unpaired) electrons. The average molecular weight is 276 g/mol. The van der Waals surface area contributed by atoms with Crippen LogP contribution in [0, 0.1) is 11.8 Å². The summed E-state index contributed by atoms with van der Waals surface area (Å²) in [5.74, 6) is 6.02. The van der Waals surface area contributed by atoms with Gasteiger partial charge in [0, 0.05) is 18.5 Å². The lowest BCUT2D eigenvalue weighted by Gasteiger charge is -2.05. The lowest BCUT2D eigenvalue weighted by molar-refractivity contribution is 0.305. The third-order valence-electron chi connectivity index (χ3n) is 3.28. The van der Waals surface area contributed by atoms with Crippen molar-refractivity contribution in [2.24, 2.45) is 0 Å². The van der Waals surface area contributed by atoms with Crippen LogP contribution in [0.5, 0.6) is 0 Å². The lowest BCUT2D eigenvalue weighted by atomic mass is 10.1. The molecule has 0 saturated heterocycles. The van der Waals surface area contributed by atoms with Gasteiger partial charge in [-0.3, -0.25) is 0 Å². The maximum atomic E-state index is 8.76. The van der Waals surface area contributed by atoms with Crippen LogP contribution in [-0.2, 0) is 6.54 Å². The number of aromatic nitrogens is 2. The first-order valence-electron chi connectivity index (χ1n) is 6.95. The monoisotopic (exact) mass is 276 g/mol. The Morgan fingerprint density at radius 2 is 2.00 bits per heavy atom. The van der Waals surface area contributed by atoms with Crippen LogP contribution in [0.25, 0.3) is 11.0 Å². The number of rotatable bonds is 3. The Balaban J connectivity index is 1.85. The van der Waals surface area contributed by atoms with Crippen LogP contribution in [-0.4, -0.2) is 21.3 Å². The SMILES string of the molecule is OCCC#Cc1cccc(Cn2cnc3ccccc32)c1. The topological polar surface area (TPSA) is 38.0 Å². The number of fused-ring (bicyclic) bond motifs is 1. The van der Waals surface area contributed by atoms with Crippen molar-refractivity contribution in [3.8, 4) is 11.8 Å². The van der Waals surface area contributed by atoms with Crippen LogP contribution in [0.3, 0.4) is 0 Å².